The van der Waals surface area contributed by atoms with Gasteiger partial charge in [-0.1, -0.05) is 13.8 Å². The zero-order chi connectivity index (χ0) is 14.4. The van der Waals surface area contributed by atoms with Gasteiger partial charge in [0, 0.05) is 19.6 Å². The Labute approximate surface area is 116 Å². The van der Waals surface area contributed by atoms with Gasteiger partial charge >= 0.3 is 0 Å². The van der Waals surface area contributed by atoms with Crippen molar-refractivity contribution in [1.29, 1.82) is 5.26 Å². The molecule has 0 fully saturated rings. The van der Waals surface area contributed by atoms with E-state index in [9.17, 15) is 0 Å². The SMILES string of the molecule is CC(C)CN(CCN(C)C)c1ccc(C#N)cc1N. The maximum Gasteiger partial charge on any atom is 0.0992 e. The molecule has 0 aliphatic carbocycles. The van der Waals surface area contributed by atoms with E-state index in [2.05, 4.69) is 43.8 Å². The van der Waals surface area contributed by atoms with E-state index in [-0.39, 0.29) is 0 Å². The molecule has 0 heterocycles. The first-order valence-corrected chi connectivity index (χ1v) is 6.63. The number of anilines is 2. The second-order valence-corrected chi connectivity index (χ2v) is 5.53. The molecule has 1 rings (SSSR count). The molecule has 0 saturated carbocycles. The van der Waals surface area contributed by atoms with Gasteiger partial charge in [-0.25, -0.2) is 0 Å². The van der Waals surface area contributed by atoms with Gasteiger partial charge in [-0.15, -0.1) is 0 Å². The van der Waals surface area contributed by atoms with Crippen LogP contribution in [0.1, 0.15) is 19.4 Å². The first kappa shape index (κ1) is 15.3. The molecule has 0 amide bonds. The number of nitrogen functional groups attached to an aromatic ring is 1. The summed E-state index contributed by atoms with van der Waals surface area (Å²) in [6.45, 7) is 7.27. The highest BCUT2D eigenvalue weighted by atomic mass is 15.2. The standard InChI is InChI=1S/C15H24N4/c1-12(2)11-19(8-7-18(3)4)15-6-5-13(10-16)9-14(15)17/h5-6,9,12H,7-8,11,17H2,1-4H3. The number of nitriles is 1. The number of rotatable bonds is 6. The molecule has 1 aromatic rings. The molecule has 0 radical (unpaired) electrons. The average molecular weight is 260 g/mol. The predicted molar refractivity (Wildman–Crippen MR) is 81.2 cm³/mol. The van der Waals surface area contributed by atoms with E-state index in [0.717, 1.165) is 25.3 Å². The molecule has 0 unspecified atom stereocenters. The van der Waals surface area contributed by atoms with Crippen LogP contribution in [0, 0.1) is 17.2 Å². The summed E-state index contributed by atoms with van der Waals surface area (Å²) in [6.07, 6.45) is 0. The van der Waals surface area contributed by atoms with E-state index in [0.29, 0.717) is 17.2 Å². The molecular formula is C15H24N4. The Morgan fingerprint density at radius 1 is 1.26 bits per heavy atom. The fourth-order valence-electron chi connectivity index (χ4n) is 1.98. The van der Waals surface area contributed by atoms with Crippen LogP contribution in [0.3, 0.4) is 0 Å². The molecule has 0 saturated heterocycles. The molecule has 2 N–H and O–H groups in total. The average Bonchev–Trinajstić information content (AvgIpc) is 2.34. The van der Waals surface area contributed by atoms with Crippen LogP contribution in [-0.4, -0.2) is 38.6 Å². The molecule has 0 bridgehead atoms. The van der Waals surface area contributed by atoms with Gasteiger partial charge in [0.15, 0.2) is 0 Å². The van der Waals surface area contributed by atoms with E-state index >= 15 is 0 Å². The quantitative estimate of drug-likeness (QED) is 0.796. The molecule has 0 aromatic heterocycles. The Hall–Kier alpha value is -1.73. The van der Waals surface area contributed by atoms with Crippen molar-refractivity contribution in [2.45, 2.75) is 13.8 Å². The van der Waals surface area contributed by atoms with Crippen molar-refractivity contribution in [2.24, 2.45) is 5.92 Å². The number of nitrogens with zero attached hydrogens (tertiary/aromatic N) is 3. The summed E-state index contributed by atoms with van der Waals surface area (Å²) in [5.41, 5.74) is 8.39. The van der Waals surface area contributed by atoms with Crippen LogP contribution in [0.25, 0.3) is 0 Å². The van der Waals surface area contributed by atoms with Crippen LogP contribution in [0.15, 0.2) is 18.2 Å². The van der Waals surface area contributed by atoms with Crippen molar-refractivity contribution in [1.82, 2.24) is 4.90 Å². The molecule has 0 aliphatic rings. The normalized spacial score (nSPS) is 10.8. The molecule has 0 atom stereocenters. The monoisotopic (exact) mass is 260 g/mol. The summed E-state index contributed by atoms with van der Waals surface area (Å²) >= 11 is 0. The minimum atomic E-state index is 0.567. The highest BCUT2D eigenvalue weighted by Gasteiger charge is 2.12. The summed E-state index contributed by atoms with van der Waals surface area (Å²) in [4.78, 5) is 4.45. The molecule has 0 aliphatic heterocycles. The van der Waals surface area contributed by atoms with Crippen LogP contribution in [0.2, 0.25) is 0 Å². The second kappa shape index (κ2) is 7.01. The number of nitrogens with two attached hydrogens (primary N) is 1. The second-order valence-electron chi connectivity index (χ2n) is 5.53. The van der Waals surface area contributed by atoms with Crippen LogP contribution in [0.5, 0.6) is 0 Å². The highest BCUT2D eigenvalue weighted by Crippen LogP contribution is 2.25. The van der Waals surface area contributed by atoms with E-state index < -0.39 is 0 Å². The van der Waals surface area contributed by atoms with Crippen LogP contribution in [0.4, 0.5) is 11.4 Å². The first-order chi connectivity index (χ1) is 8.93. The fourth-order valence-corrected chi connectivity index (χ4v) is 1.98. The van der Waals surface area contributed by atoms with Gasteiger partial charge in [-0.3, -0.25) is 0 Å². The van der Waals surface area contributed by atoms with Gasteiger partial charge in [-0.05, 0) is 38.2 Å². The lowest BCUT2D eigenvalue weighted by Gasteiger charge is -2.29. The summed E-state index contributed by atoms with van der Waals surface area (Å²) in [5, 5.41) is 8.89. The summed E-state index contributed by atoms with van der Waals surface area (Å²) in [5.74, 6) is 0.567. The van der Waals surface area contributed by atoms with Gasteiger partial charge in [0.2, 0.25) is 0 Å². The van der Waals surface area contributed by atoms with E-state index in [1.165, 1.54) is 0 Å². The zero-order valence-corrected chi connectivity index (χ0v) is 12.3. The van der Waals surface area contributed by atoms with Crippen LogP contribution >= 0.6 is 0 Å². The Balaban J connectivity index is 2.93. The van der Waals surface area contributed by atoms with E-state index in [4.69, 9.17) is 11.0 Å². The predicted octanol–water partition coefficient (Wildman–Crippen LogP) is 2.16. The molecule has 19 heavy (non-hydrogen) atoms. The lowest BCUT2D eigenvalue weighted by molar-refractivity contribution is 0.409. The molecule has 1 aromatic carbocycles. The highest BCUT2D eigenvalue weighted by molar-refractivity contribution is 5.69. The van der Waals surface area contributed by atoms with Crippen LogP contribution < -0.4 is 10.6 Å². The largest absolute Gasteiger partial charge is 0.397 e. The third-order valence-electron chi connectivity index (χ3n) is 2.90. The summed E-state index contributed by atoms with van der Waals surface area (Å²) in [7, 11) is 4.13. The van der Waals surface area contributed by atoms with Crippen molar-refractivity contribution in [3.05, 3.63) is 23.8 Å². The van der Waals surface area contributed by atoms with Crippen molar-refractivity contribution in [3.8, 4) is 6.07 Å². The smallest absolute Gasteiger partial charge is 0.0992 e. The van der Waals surface area contributed by atoms with Gasteiger partial charge in [0.25, 0.3) is 0 Å². The number of benzene rings is 1. The lowest BCUT2D eigenvalue weighted by Crippen LogP contribution is -2.34. The van der Waals surface area contributed by atoms with Crippen molar-refractivity contribution < 1.29 is 0 Å². The van der Waals surface area contributed by atoms with E-state index in [1.807, 2.05) is 12.1 Å². The minimum Gasteiger partial charge on any atom is -0.397 e. The zero-order valence-electron chi connectivity index (χ0n) is 12.3. The molecule has 0 spiro atoms. The fraction of sp³-hybridized carbons (Fsp3) is 0.533. The Bertz CT molecular complexity index is 446. The molecular weight excluding hydrogens is 236 g/mol. The minimum absolute atomic E-state index is 0.567. The van der Waals surface area contributed by atoms with Gasteiger partial charge < -0.3 is 15.5 Å². The third kappa shape index (κ3) is 4.80. The van der Waals surface area contributed by atoms with Gasteiger partial charge in [0.05, 0.1) is 23.0 Å². The van der Waals surface area contributed by atoms with Crippen molar-refractivity contribution in [2.75, 3.05) is 44.4 Å². The summed E-state index contributed by atoms with van der Waals surface area (Å²) < 4.78 is 0. The van der Waals surface area contributed by atoms with Crippen molar-refractivity contribution in [3.63, 3.8) is 0 Å². The molecule has 4 nitrogen and oxygen atoms in total. The number of hydrogen-bond acceptors (Lipinski definition) is 4. The topological polar surface area (TPSA) is 56.3 Å². The maximum absolute atomic E-state index is 8.89. The molecule has 104 valence electrons. The van der Waals surface area contributed by atoms with Gasteiger partial charge in [0.1, 0.15) is 0 Å². The number of hydrogen-bond donors (Lipinski definition) is 1. The van der Waals surface area contributed by atoms with Gasteiger partial charge in [-0.2, -0.15) is 5.26 Å². The maximum atomic E-state index is 8.89. The number of likely N-dealkylation sites (N-methyl/N-ethyl adjacent to an activating group) is 1. The summed E-state index contributed by atoms with van der Waals surface area (Å²) in [6, 6.07) is 7.64. The van der Waals surface area contributed by atoms with E-state index in [1.54, 1.807) is 6.07 Å². The van der Waals surface area contributed by atoms with Crippen LogP contribution in [-0.2, 0) is 0 Å². The molecule has 4 heteroatoms. The Morgan fingerprint density at radius 2 is 1.95 bits per heavy atom. The van der Waals surface area contributed by atoms with Crippen molar-refractivity contribution >= 4 is 11.4 Å². The first-order valence-electron chi connectivity index (χ1n) is 6.63. The lowest BCUT2D eigenvalue weighted by atomic mass is 10.1. The Morgan fingerprint density at radius 3 is 2.42 bits per heavy atom. The Kier molecular flexibility index (Phi) is 5.65. The third-order valence-corrected chi connectivity index (χ3v) is 2.90.